The van der Waals surface area contributed by atoms with Crippen LogP contribution in [0, 0.1) is 0 Å². The molecule has 0 saturated heterocycles. The molecule has 1 aliphatic rings. The third kappa shape index (κ3) is 6.12. The first kappa shape index (κ1) is 35.6. The predicted molar refractivity (Wildman–Crippen MR) is 257 cm³/mol. The SMILES string of the molecule is C1=C(c2cc(-c3ccc4oc5ccccc5c4c3)cc(-c3ccc4oc5ccccc5c4c3)c2)NC(c2ccccc2)N[C@H]1c1ccc(-c2ccc3oc4ccccc4c3c2)cc1. The molecule has 298 valence electrons. The van der Waals surface area contributed by atoms with Gasteiger partial charge in [0.15, 0.2) is 0 Å². The van der Waals surface area contributed by atoms with Crippen LogP contribution in [0.4, 0.5) is 0 Å². The summed E-state index contributed by atoms with van der Waals surface area (Å²) in [6, 6.07) is 70.8. The van der Waals surface area contributed by atoms with E-state index in [4.69, 9.17) is 13.3 Å². The van der Waals surface area contributed by atoms with Crippen LogP contribution in [0.5, 0.6) is 0 Å². The minimum atomic E-state index is -0.137. The number of rotatable bonds is 6. The normalized spacial score (nSPS) is 15.5. The van der Waals surface area contributed by atoms with Gasteiger partial charge >= 0.3 is 0 Å². The first-order valence-electron chi connectivity index (χ1n) is 21.5. The van der Waals surface area contributed by atoms with Crippen molar-refractivity contribution in [1.82, 2.24) is 10.6 Å². The number of hydrogen-bond acceptors (Lipinski definition) is 5. The van der Waals surface area contributed by atoms with Crippen LogP contribution in [0.2, 0.25) is 0 Å². The number of nitrogens with one attached hydrogen (secondary N) is 2. The highest BCUT2D eigenvalue weighted by molar-refractivity contribution is 6.08. The zero-order valence-corrected chi connectivity index (χ0v) is 34.0. The summed E-state index contributed by atoms with van der Waals surface area (Å²) in [5, 5.41) is 14.5. The van der Waals surface area contributed by atoms with Gasteiger partial charge in [-0.05, 0) is 129 Å². The van der Waals surface area contributed by atoms with Crippen LogP contribution in [0.3, 0.4) is 0 Å². The van der Waals surface area contributed by atoms with Crippen molar-refractivity contribution in [3.8, 4) is 33.4 Å². The van der Waals surface area contributed by atoms with E-state index in [0.29, 0.717) is 0 Å². The van der Waals surface area contributed by atoms with Gasteiger partial charge in [0.2, 0.25) is 0 Å². The van der Waals surface area contributed by atoms with Gasteiger partial charge in [0.25, 0.3) is 0 Å². The van der Waals surface area contributed by atoms with E-state index < -0.39 is 0 Å². The van der Waals surface area contributed by atoms with Gasteiger partial charge in [0.1, 0.15) is 39.7 Å². The van der Waals surface area contributed by atoms with Crippen molar-refractivity contribution < 1.29 is 13.3 Å². The largest absolute Gasteiger partial charge is 0.456 e. The standard InChI is InChI=1S/C58H38N2O3/c1-2-10-37(11-3-1)58-59-50(36-20-18-35(19-21-36)38-22-25-55-47(31-38)44-12-4-7-15-52(44)61-55)34-51(60-58)43-29-41(39-23-26-56-48(32-39)45-13-5-8-16-53(45)62-56)28-42(30-43)40-24-27-57-49(33-40)46-14-6-9-17-54(46)63-57/h1-34,50,58-60H/t50-,58?/m1/s1. The minimum absolute atomic E-state index is 0.0739. The maximum Gasteiger partial charge on any atom is 0.135 e. The van der Waals surface area contributed by atoms with E-state index in [-0.39, 0.29) is 12.2 Å². The summed E-state index contributed by atoms with van der Waals surface area (Å²) < 4.78 is 18.6. The molecule has 4 heterocycles. The summed E-state index contributed by atoms with van der Waals surface area (Å²) in [6.07, 6.45) is 2.20. The van der Waals surface area contributed by atoms with Crippen LogP contribution in [0.1, 0.15) is 28.9 Å². The smallest absolute Gasteiger partial charge is 0.135 e. The van der Waals surface area contributed by atoms with Crippen LogP contribution in [-0.2, 0) is 0 Å². The number of fused-ring (bicyclic) bond motifs is 9. The van der Waals surface area contributed by atoms with Gasteiger partial charge < -0.3 is 18.6 Å². The second-order valence-corrected chi connectivity index (χ2v) is 16.6. The van der Waals surface area contributed by atoms with Crippen LogP contribution in [-0.4, -0.2) is 0 Å². The van der Waals surface area contributed by atoms with E-state index >= 15 is 0 Å². The Bertz CT molecular complexity index is 3630. The van der Waals surface area contributed by atoms with Crippen LogP contribution >= 0.6 is 0 Å². The maximum atomic E-state index is 6.25. The molecule has 0 saturated carbocycles. The summed E-state index contributed by atoms with van der Waals surface area (Å²) in [6.45, 7) is 0. The van der Waals surface area contributed by atoms with Crippen molar-refractivity contribution >= 4 is 71.5 Å². The van der Waals surface area contributed by atoms with Gasteiger partial charge in [-0.1, -0.05) is 127 Å². The zero-order chi connectivity index (χ0) is 41.4. The van der Waals surface area contributed by atoms with E-state index in [2.05, 4.69) is 181 Å². The summed E-state index contributed by atoms with van der Waals surface area (Å²) in [4.78, 5) is 0. The quantitative estimate of drug-likeness (QED) is 0.175. The molecule has 0 bridgehead atoms. The van der Waals surface area contributed by atoms with Gasteiger partial charge in [-0.25, -0.2) is 0 Å². The lowest BCUT2D eigenvalue weighted by Gasteiger charge is -2.33. The van der Waals surface area contributed by atoms with Gasteiger partial charge in [-0.2, -0.15) is 0 Å². The van der Waals surface area contributed by atoms with Crippen LogP contribution in [0.25, 0.3) is 105 Å². The van der Waals surface area contributed by atoms with Gasteiger partial charge in [0, 0.05) is 38.0 Å². The lowest BCUT2D eigenvalue weighted by atomic mass is 9.91. The van der Waals surface area contributed by atoms with Crippen molar-refractivity contribution in [2.75, 3.05) is 0 Å². The fourth-order valence-electron chi connectivity index (χ4n) is 9.55. The Labute approximate surface area is 362 Å². The molecule has 12 aromatic rings. The van der Waals surface area contributed by atoms with Gasteiger partial charge in [0.05, 0.1) is 6.04 Å². The molecule has 1 unspecified atom stereocenters. The lowest BCUT2D eigenvalue weighted by molar-refractivity contribution is 0.443. The number of benzene rings is 9. The number of hydrogen-bond donors (Lipinski definition) is 2. The van der Waals surface area contributed by atoms with Gasteiger partial charge in [-0.15, -0.1) is 0 Å². The molecule has 2 N–H and O–H groups in total. The molecule has 2 atom stereocenters. The van der Waals surface area contributed by atoms with Crippen LogP contribution < -0.4 is 10.6 Å². The third-order valence-corrected chi connectivity index (χ3v) is 12.8. The number of para-hydroxylation sites is 3. The molecule has 9 aromatic carbocycles. The Kier molecular flexibility index (Phi) is 8.05. The molecule has 13 rings (SSSR count). The molecule has 3 aromatic heterocycles. The topological polar surface area (TPSA) is 63.5 Å². The van der Waals surface area contributed by atoms with Crippen LogP contribution in [0.15, 0.2) is 220 Å². The molecule has 5 nitrogen and oxygen atoms in total. The van der Waals surface area contributed by atoms with Crippen molar-refractivity contribution in [3.05, 3.63) is 223 Å². The summed E-state index contributed by atoms with van der Waals surface area (Å²) in [5.41, 5.74) is 16.6. The molecule has 0 fully saturated rings. The maximum absolute atomic E-state index is 6.25. The summed E-state index contributed by atoms with van der Waals surface area (Å²) in [5.74, 6) is 0. The Morgan fingerprint density at radius 2 is 0.714 bits per heavy atom. The number of furan rings is 3. The molecule has 0 radical (unpaired) electrons. The molecular weight excluding hydrogens is 773 g/mol. The van der Waals surface area contributed by atoms with Crippen molar-refractivity contribution in [2.24, 2.45) is 0 Å². The Balaban J connectivity index is 0.943. The highest BCUT2D eigenvalue weighted by Crippen LogP contribution is 2.40. The minimum Gasteiger partial charge on any atom is -0.456 e. The molecule has 0 spiro atoms. The lowest BCUT2D eigenvalue weighted by Crippen LogP contribution is -2.39. The van der Waals surface area contributed by atoms with Gasteiger partial charge in [-0.3, -0.25) is 5.32 Å². The van der Waals surface area contributed by atoms with Crippen molar-refractivity contribution in [3.63, 3.8) is 0 Å². The molecular formula is C58H38N2O3. The molecule has 63 heavy (non-hydrogen) atoms. The third-order valence-electron chi connectivity index (χ3n) is 12.8. The molecule has 0 aliphatic carbocycles. The van der Waals surface area contributed by atoms with Crippen molar-refractivity contribution in [2.45, 2.75) is 12.2 Å². The van der Waals surface area contributed by atoms with E-state index in [1.54, 1.807) is 0 Å². The molecule has 1 aliphatic heterocycles. The highest BCUT2D eigenvalue weighted by Gasteiger charge is 2.25. The molecule has 0 amide bonds. The average molecular weight is 811 g/mol. The predicted octanol–water partition coefficient (Wildman–Crippen LogP) is 15.4. The Morgan fingerprint density at radius 3 is 1.22 bits per heavy atom. The molecule has 5 heteroatoms. The second kappa shape index (κ2) is 14.2. The Hall–Kier alpha value is -8.12. The van der Waals surface area contributed by atoms with E-state index in [0.717, 1.165) is 116 Å². The average Bonchev–Trinajstić information content (AvgIpc) is 4.04. The zero-order valence-electron chi connectivity index (χ0n) is 34.0. The van der Waals surface area contributed by atoms with E-state index in [9.17, 15) is 0 Å². The first-order valence-corrected chi connectivity index (χ1v) is 21.5. The van der Waals surface area contributed by atoms with E-state index in [1.165, 1.54) is 5.56 Å². The Morgan fingerprint density at radius 1 is 0.302 bits per heavy atom. The fourth-order valence-corrected chi connectivity index (χ4v) is 9.55. The summed E-state index contributed by atoms with van der Waals surface area (Å²) >= 11 is 0. The fraction of sp³-hybridized carbons (Fsp3) is 0.0345. The highest BCUT2D eigenvalue weighted by atomic mass is 16.3. The second-order valence-electron chi connectivity index (χ2n) is 16.6. The summed E-state index contributed by atoms with van der Waals surface area (Å²) in [7, 11) is 0. The monoisotopic (exact) mass is 810 g/mol. The first-order chi connectivity index (χ1) is 31.1. The van der Waals surface area contributed by atoms with Crippen molar-refractivity contribution in [1.29, 1.82) is 0 Å². The van der Waals surface area contributed by atoms with E-state index in [1.807, 2.05) is 36.4 Å².